The first-order chi connectivity index (χ1) is 13.7. The van der Waals surface area contributed by atoms with Gasteiger partial charge in [0, 0.05) is 37.9 Å². The second kappa shape index (κ2) is 8.04. The molecule has 1 atom stereocenters. The Morgan fingerprint density at radius 2 is 2.18 bits per heavy atom. The Bertz CT molecular complexity index is 1020. The van der Waals surface area contributed by atoms with Crippen molar-refractivity contribution in [2.75, 3.05) is 13.1 Å². The maximum absolute atomic E-state index is 12.9. The zero-order valence-corrected chi connectivity index (χ0v) is 16.2. The van der Waals surface area contributed by atoms with Crippen molar-refractivity contribution in [3.8, 4) is 0 Å². The van der Waals surface area contributed by atoms with Gasteiger partial charge in [-0.05, 0) is 31.4 Å². The van der Waals surface area contributed by atoms with Gasteiger partial charge < -0.3 is 13.9 Å². The minimum Gasteiger partial charge on any atom is -0.408 e. The third-order valence-electron chi connectivity index (χ3n) is 5.51. The number of carbonyl (C=O) groups excluding carboxylic acids is 1. The first kappa shape index (κ1) is 18.5. The van der Waals surface area contributed by atoms with E-state index in [2.05, 4.69) is 16.5 Å². The van der Waals surface area contributed by atoms with Crippen molar-refractivity contribution >= 4 is 17.0 Å². The van der Waals surface area contributed by atoms with Crippen molar-refractivity contribution in [3.63, 3.8) is 0 Å². The number of aromatic nitrogens is 3. The van der Waals surface area contributed by atoms with Crippen LogP contribution >= 0.6 is 0 Å². The zero-order chi connectivity index (χ0) is 19.5. The summed E-state index contributed by atoms with van der Waals surface area (Å²) in [6.45, 7) is 4.51. The molecule has 3 aromatic rings. The molecule has 1 aliphatic heterocycles. The highest BCUT2D eigenvalue weighted by molar-refractivity contribution is 5.79. The summed E-state index contributed by atoms with van der Waals surface area (Å²) in [6, 6.07) is 7.19. The average Bonchev–Trinajstić information content (AvgIpc) is 3.31. The van der Waals surface area contributed by atoms with Crippen molar-refractivity contribution in [2.45, 2.75) is 51.6 Å². The number of fused-ring (bicyclic) bond motifs is 1. The molecule has 3 heterocycles. The lowest BCUT2D eigenvalue weighted by Crippen LogP contribution is -2.42. The minimum absolute atomic E-state index is 0.00679. The summed E-state index contributed by atoms with van der Waals surface area (Å²) in [5.74, 6) is 0.766. The highest BCUT2D eigenvalue weighted by atomic mass is 16.4. The van der Waals surface area contributed by atoms with E-state index in [1.807, 2.05) is 29.4 Å². The highest BCUT2D eigenvalue weighted by Gasteiger charge is 2.28. The molecule has 7 nitrogen and oxygen atoms in total. The number of benzene rings is 1. The molecule has 4 rings (SSSR count). The van der Waals surface area contributed by atoms with E-state index in [-0.39, 0.29) is 18.4 Å². The summed E-state index contributed by atoms with van der Waals surface area (Å²) in [4.78, 5) is 31.5. The van der Waals surface area contributed by atoms with Gasteiger partial charge in [0.05, 0.1) is 5.52 Å². The van der Waals surface area contributed by atoms with Crippen LogP contribution in [-0.4, -0.2) is 38.0 Å². The molecule has 148 valence electrons. The van der Waals surface area contributed by atoms with Crippen molar-refractivity contribution in [1.82, 2.24) is 19.0 Å². The third kappa shape index (κ3) is 3.61. The van der Waals surface area contributed by atoms with Gasteiger partial charge in [-0.3, -0.25) is 9.36 Å². The van der Waals surface area contributed by atoms with E-state index in [0.717, 1.165) is 44.6 Å². The predicted molar refractivity (Wildman–Crippen MR) is 106 cm³/mol. The van der Waals surface area contributed by atoms with Crippen LogP contribution in [0.5, 0.6) is 0 Å². The van der Waals surface area contributed by atoms with E-state index in [9.17, 15) is 9.59 Å². The summed E-state index contributed by atoms with van der Waals surface area (Å²) < 4.78 is 8.88. The Labute approximate surface area is 163 Å². The Kier molecular flexibility index (Phi) is 5.32. The van der Waals surface area contributed by atoms with Crippen LogP contribution in [0.4, 0.5) is 0 Å². The summed E-state index contributed by atoms with van der Waals surface area (Å²) in [6.07, 6.45) is 8.11. The molecule has 7 heteroatoms. The molecule has 0 saturated carbocycles. The quantitative estimate of drug-likeness (QED) is 0.657. The van der Waals surface area contributed by atoms with Crippen molar-refractivity contribution in [3.05, 3.63) is 53.0 Å². The highest BCUT2D eigenvalue weighted by Crippen LogP contribution is 2.26. The van der Waals surface area contributed by atoms with E-state index in [0.29, 0.717) is 17.6 Å². The standard InChI is InChI=1S/C21H26N4O3/c1-2-3-11-23-13-10-22-20(23)16-7-6-12-24(14-16)19(26)15-25-17-8-4-5-9-18(17)28-21(25)27/h4-5,8-10,13,16H,2-3,6-7,11-12,14-15H2,1H3/t16-/m0/s1. The molecule has 1 amide bonds. The normalized spacial score (nSPS) is 17.3. The van der Waals surface area contributed by atoms with Crippen LogP contribution in [0.1, 0.15) is 44.3 Å². The fourth-order valence-electron chi connectivity index (χ4n) is 4.01. The molecular weight excluding hydrogens is 356 g/mol. The largest absolute Gasteiger partial charge is 0.420 e. The van der Waals surface area contributed by atoms with Crippen LogP contribution in [0.25, 0.3) is 11.1 Å². The number of oxazole rings is 1. The van der Waals surface area contributed by atoms with Gasteiger partial charge in [0.25, 0.3) is 0 Å². The summed E-state index contributed by atoms with van der Waals surface area (Å²) in [5, 5.41) is 0. The SMILES string of the molecule is CCCCn1ccnc1[C@H]1CCCN(C(=O)Cn2c(=O)oc3ccccc32)C1. The van der Waals surface area contributed by atoms with Crippen molar-refractivity contribution in [2.24, 2.45) is 0 Å². The molecule has 0 radical (unpaired) electrons. The first-order valence-electron chi connectivity index (χ1n) is 10.0. The Balaban J connectivity index is 1.49. The topological polar surface area (TPSA) is 73.3 Å². The van der Waals surface area contributed by atoms with Gasteiger partial charge in [-0.15, -0.1) is 0 Å². The van der Waals surface area contributed by atoms with Crippen LogP contribution in [0.2, 0.25) is 0 Å². The third-order valence-corrected chi connectivity index (χ3v) is 5.51. The van der Waals surface area contributed by atoms with Crippen LogP contribution < -0.4 is 5.76 Å². The number of hydrogen-bond acceptors (Lipinski definition) is 4. The van der Waals surface area contributed by atoms with Crippen LogP contribution in [0.3, 0.4) is 0 Å². The molecule has 1 aliphatic rings. The number of imidazole rings is 1. The number of amides is 1. The average molecular weight is 382 g/mol. The number of carbonyl (C=O) groups is 1. The number of hydrogen-bond donors (Lipinski definition) is 0. The molecule has 0 N–H and O–H groups in total. The zero-order valence-electron chi connectivity index (χ0n) is 16.2. The van der Waals surface area contributed by atoms with E-state index in [1.165, 1.54) is 4.57 Å². The molecule has 0 aliphatic carbocycles. The van der Waals surface area contributed by atoms with E-state index in [4.69, 9.17) is 4.42 Å². The molecule has 28 heavy (non-hydrogen) atoms. The monoisotopic (exact) mass is 382 g/mol. The smallest absolute Gasteiger partial charge is 0.408 e. The summed E-state index contributed by atoms with van der Waals surface area (Å²) in [5.41, 5.74) is 1.17. The van der Waals surface area contributed by atoms with Crippen molar-refractivity contribution in [1.29, 1.82) is 0 Å². The first-order valence-corrected chi connectivity index (χ1v) is 10.0. The molecule has 1 fully saturated rings. The van der Waals surface area contributed by atoms with Gasteiger partial charge in [-0.1, -0.05) is 25.5 Å². The number of rotatable bonds is 6. The number of unbranched alkanes of at least 4 members (excludes halogenated alkanes) is 1. The molecule has 0 bridgehead atoms. The molecule has 1 saturated heterocycles. The van der Waals surface area contributed by atoms with Crippen molar-refractivity contribution < 1.29 is 9.21 Å². The molecule has 2 aromatic heterocycles. The Hall–Kier alpha value is -2.83. The lowest BCUT2D eigenvalue weighted by molar-refractivity contribution is -0.133. The van der Waals surface area contributed by atoms with Gasteiger partial charge in [-0.2, -0.15) is 0 Å². The number of nitrogens with zero attached hydrogens (tertiary/aromatic N) is 4. The second-order valence-corrected chi connectivity index (χ2v) is 7.43. The molecule has 0 spiro atoms. The number of piperidine rings is 1. The Morgan fingerprint density at radius 3 is 3.04 bits per heavy atom. The number of para-hydroxylation sites is 2. The molecule has 0 unspecified atom stereocenters. The van der Waals surface area contributed by atoms with E-state index >= 15 is 0 Å². The fraction of sp³-hybridized carbons (Fsp3) is 0.476. The van der Waals surface area contributed by atoms with Gasteiger partial charge in [-0.25, -0.2) is 9.78 Å². The summed E-state index contributed by atoms with van der Waals surface area (Å²) in [7, 11) is 0. The van der Waals surface area contributed by atoms with Gasteiger partial charge >= 0.3 is 5.76 Å². The predicted octanol–water partition coefficient (Wildman–Crippen LogP) is 3.00. The molecule has 1 aromatic carbocycles. The van der Waals surface area contributed by atoms with Crippen LogP contribution in [-0.2, 0) is 17.9 Å². The molecular formula is C21H26N4O3. The fourth-order valence-corrected chi connectivity index (χ4v) is 4.01. The summed E-state index contributed by atoms with van der Waals surface area (Å²) >= 11 is 0. The second-order valence-electron chi connectivity index (χ2n) is 7.43. The van der Waals surface area contributed by atoms with Gasteiger partial charge in [0.2, 0.25) is 5.91 Å². The number of likely N-dealkylation sites (tertiary alicyclic amines) is 1. The lowest BCUT2D eigenvalue weighted by Gasteiger charge is -2.32. The van der Waals surface area contributed by atoms with E-state index in [1.54, 1.807) is 12.1 Å². The van der Waals surface area contributed by atoms with Crippen LogP contribution in [0.15, 0.2) is 45.9 Å². The maximum Gasteiger partial charge on any atom is 0.420 e. The lowest BCUT2D eigenvalue weighted by atomic mass is 9.97. The van der Waals surface area contributed by atoms with E-state index < -0.39 is 5.76 Å². The van der Waals surface area contributed by atoms with Crippen LogP contribution in [0, 0.1) is 0 Å². The Morgan fingerprint density at radius 1 is 1.32 bits per heavy atom. The maximum atomic E-state index is 12.9. The number of aryl methyl sites for hydroxylation is 1. The van der Waals surface area contributed by atoms with Gasteiger partial charge in [0.15, 0.2) is 5.58 Å². The minimum atomic E-state index is -0.488. The van der Waals surface area contributed by atoms with Gasteiger partial charge in [0.1, 0.15) is 12.4 Å².